The van der Waals surface area contributed by atoms with Crippen LogP contribution in [0.2, 0.25) is 19.1 Å². The molecule has 0 aliphatic heterocycles. The zero-order valence-corrected chi connectivity index (χ0v) is 19.9. The summed E-state index contributed by atoms with van der Waals surface area (Å²) < 4.78 is 6.80. The summed E-state index contributed by atoms with van der Waals surface area (Å²) in [6, 6.07) is 0.988. The van der Waals surface area contributed by atoms with E-state index in [1.807, 2.05) is 0 Å². The summed E-state index contributed by atoms with van der Waals surface area (Å²) in [5.74, 6) is 0.662. The minimum atomic E-state index is -1.72. The molecule has 2 amide bonds. The Morgan fingerprint density at radius 1 is 1.00 bits per heavy atom. The molecule has 2 N–H and O–H groups in total. The average Bonchev–Trinajstić information content (AvgIpc) is 2.67. The maximum Gasteiger partial charge on any atom is 0.315 e. The van der Waals surface area contributed by atoms with Crippen molar-refractivity contribution in [1.82, 2.24) is 10.6 Å². The molecule has 1 saturated carbocycles. The second-order valence-electron chi connectivity index (χ2n) is 9.18. The first kappa shape index (κ1) is 25.2. The largest absolute Gasteiger partial charge is 0.414 e. The highest BCUT2D eigenvalue weighted by atomic mass is 28.4. The Kier molecular flexibility index (Phi) is 13.6. The van der Waals surface area contributed by atoms with Crippen LogP contribution in [0.25, 0.3) is 0 Å². The molecule has 0 aromatic carbocycles. The Bertz CT molecular complexity index is 429. The Hall–Kier alpha value is -0.813. The third-order valence-electron chi connectivity index (χ3n) is 5.90. The highest BCUT2D eigenvalue weighted by Gasteiger charge is 2.29. The molecule has 4 nitrogen and oxygen atoms in total. The highest BCUT2D eigenvalue weighted by molar-refractivity contribution is 6.71. The predicted molar refractivity (Wildman–Crippen MR) is 123 cm³/mol. The van der Waals surface area contributed by atoms with Crippen LogP contribution in [0, 0.1) is 5.92 Å². The van der Waals surface area contributed by atoms with Crippen LogP contribution in [0.1, 0.15) is 84.0 Å². The van der Waals surface area contributed by atoms with Gasteiger partial charge in [-0.3, -0.25) is 0 Å². The van der Waals surface area contributed by atoms with Gasteiger partial charge in [0.05, 0.1) is 0 Å². The van der Waals surface area contributed by atoms with E-state index in [9.17, 15) is 4.79 Å². The molecule has 2 atom stereocenters. The van der Waals surface area contributed by atoms with Crippen LogP contribution < -0.4 is 10.6 Å². The van der Waals surface area contributed by atoms with E-state index in [-0.39, 0.29) is 6.03 Å². The highest BCUT2D eigenvalue weighted by Crippen LogP contribution is 2.27. The molecule has 0 saturated heterocycles. The molecule has 0 aromatic heterocycles. The molecule has 0 aromatic rings. The van der Waals surface area contributed by atoms with Crippen molar-refractivity contribution in [2.24, 2.45) is 5.92 Å². The van der Waals surface area contributed by atoms with Gasteiger partial charge in [-0.05, 0) is 44.3 Å². The second-order valence-corrected chi connectivity index (χ2v) is 13.4. The maximum absolute atomic E-state index is 11.6. The van der Waals surface area contributed by atoms with Crippen molar-refractivity contribution in [3.05, 3.63) is 12.7 Å². The van der Waals surface area contributed by atoms with Crippen LogP contribution >= 0.6 is 0 Å². The van der Waals surface area contributed by atoms with E-state index in [4.69, 9.17) is 4.43 Å². The molecule has 164 valence electrons. The molecular weight excluding hydrogens is 364 g/mol. The number of rotatable bonds is 8. The lowest BCUT2D eigenvalue weighted by atomic mass is 9.94. The first-order valence-corrected chi connectivity index (χ1v) is 14.9. The molecule has 1 aliphatic carbocycles. The fraction of sp³-hybridized carbons (Fsp3) is 0.870. The van der Waals surface area contributed by atoms with Gasteiger partial charge in [0.2, 0.25) is 0 Å². The predicted octanol–water partition coefficient (Wildman–Crippen LogP) is 6.39. The monoisotopic (exact) mass is 410 g/mol. The Labute approximate surface area is 175 Å². The van der Waals surface area contributed by atoms with Gasteiger partial charge in [0, 0.05) is 19.2 Å². The molecule has 2 unspecified atom stereocenters. The summed E-state index contributed by atoms with van der Waals surface area (Å²) in [5.41, 5.74) is 0. The number of carbonyl (C=O) groups excluding carboxylic acids is 1. The molecule has 0 bridgehead atoms. The zero-order chi connectivity index (χ0) is 20.7. The lowest BCUT2D eigenvalue weighted by Crippen LogP contribution is -2.40. The van der Waals surface area contributed by atoms with E-state index in [0.717, 1.165) is 12.5 Å². The van der Waals surface area contributed by atoms with Gasteiger partial charge < -0.3 is 15.1 Å². The van der Waals surface area contributed by atoms with Crippen LogP contribution in [0.3, 0.4) is 0 Å². The van der Waals surface area contributed by atoms with Crippen molar-refractivity contribution in [1.29, 1.82) is 0 Å². The molecule has 1 fully saturated rings. The van der Waals surface area contributed by atoms with Gasteiger partial charge in [-0.2, -0.15) is 0 Å². The minimum Gasteiger partial charge on any atom is -0.414 e. The van der Waals surface area contributed by atoms with Gasteiger partial charge in [-0.15, -0.1) is 6.58 Å². The third kappa shape index (κ3) is 12.6. The Morgan fingerprint density at radius 3 is 2.18 bits per heavy atom. The second kappa shape index (κ2) is 15.1. The van der Waals surface area contributed by atoms with Crippen molar-refractivity contribution in [2.45, 2.75) is 109 Å². The summed E-state index contributed by atoms with van der Waals surface area (Å²) in [6.07, 6.45) is 18.1. The van der Waals surface area contributed by atoms with Crippen LogP contribution in [0.5, 0.6) is 0 Å². The van der Waals surface area contributed by atoms with E-state index >= 15 is 0 Å². The fourth-order valence-corrected chi connectivity index (χ4v) is 6.42. The van der Waals surface area contributed by atoms with E-state index in [1.54, 1.807) is 6.08 Å². The van der Waals surface area contributed by atoms with Crippen LogP contribution in [-0.4, -0.2) is 33.5 Å². The molecule has 0 spiro atoms. The molecule has 0 heterocycles. The molecule has 5 heteroatoms. The minimum absolute atomic E-state index is 0.107. The molecule has 1 rings (SSSR count). The van der Waals surface area contributed by atoms with Gasteiger partial charge in [0.25, 0.3) is 0 Å². The average molecular weight is 411 g/mol. The van der Waals surface area contributed by atoms with Crippen molar-refractivity contribution >= 4 is 14.3 Å². The van der Waals surface area contributed by atoms with Gasteiger partial charge in [0.15, 0.2) is 8.32 Å². The standard InChI is InChI=1S/C23H46N2O2Si/c1-5-18-24-23(26)25-19-15-20-28(3,4)27-22-17-14-12-10-8-6-7-9-11-13-16-21(22)2/h5,21-22H,1,6-20H2,2-4H3,(H2,24,25,26). The van der Waals surface area contributed by atoms with Crippen LogP contribution in [0.4, 0.5) is 4.79 Å². The normalized spacial score (nSPS) is 23.0. The number of urea groups is 1. The third-order valence-corrected chi connectivity index (χ3v) is 8.40. The number of nitrogens with one attached hydrogen (secondary N) is 2. The van der Waals surface area contributed by atoms with Gasteiger partial charge in [0.1, 0.15) is 0 Å². The first-order chi connectivity index (χ1) is 13.4. The quantitative estimate of drug-likeness (QED) is 0.276. The summed E-state index contributed by atoms with van der Waals surface area (Å²) in [5, 5.41) is 5.67. The number of hydrogen-bond donors (Lipinski definition) is 2. The molecular formula is C23H46N2O2Si. The van der Waals surface area contributed by atoms with Crippen LogP contribution in [0.15, 0.2) is 12.7 Å². The SMILES string of the molecule is C=CCNC(=O)NCCC[Si](C)(C)OC1CCCCCCCCCCCC1C. The summed E-state index contributed by atoms with van der Waals surface area (Å²) in [7, 11) is -1.72. The van der Waals surface area contributed by atoms with Crippen molar-refractivity contribution in [2.75, 3.05) is 13.1 Å². The molecule has 1 aliphatic rings. The van der Waals surface area contributed by atoms with E-state index < -0.39 is 8.32 Å². The summed E-state index contributed by atoms with van der Waals surface area (Å²) in [4.78, 5) is 11.6. The van der Waals surface area contributed by atoms with Gasteiger partial charge in [-0.25, -0.2) is 4.79 Å². The van der Waals surface area contributed by atoms with Crippen molar-refractivity contribution in [3.8, 4) is 0 Å². The van der Waals surface area contributed by atoms with E-state index in [0.29, 0.717) is 25.1 Å². The Balaban J connectivity index is 2.41. The van der Waals surface area contributed by atoms with Crippen molar-refractivity contribution in [3.63, 3.8) is 0 Å². The number of hydrogen-bond acceptors (Lipinski definition) is 2. The number of carbonyl (C=O) groups is 1. The lowest BCUT2D eigenvalue weighted by Gasteiger charge is -2.33. The summed E-state index contributed by atoms with van der Waals surface area (Å²) in [6.45, 7) is 11.9. The van der Waals surface area contributed by atoms with Gasteiger partial charge in [-0.1, -0.05) is 70.8 Å². The number of amides is 2. The first-order valence-electron chi connectivity index (χ1n) is 11.7. The van der Waals surface area contributed by atoms with Crippen molar-refractivity contribution < 1.29 is 9.22 Å². The fourth-order valence-electron chi connectivity index (χ4n) is 4.11. The molecule has 0 radical (unpaired) electrons. The Morgan fingerprint density at radius 2 is 1.57 bits per heavy atom. The summed E-state index contributed by atoms with van der Waals surface area (Å²) >= 11 is 0. The zero-order valence-electron chi connectivity index (χ0n) is 18.9. The van der Waals surface area contributed by atoms with E-state index in [1.165, 1.54) is 70.6 Å². The van der Waals surface area contributed by atoms with Gasteiger partial charge >= 0.3 is 6.03 Å². The maximum atomic E-state index is 11.6. The van der Waals surface area contributed by atoms with Crippen LogP contribution in [-0.2, 0) is 4.43 Å². The lowest BCUT2D eigenvalue weighted by molar-refractivity contribution is 0.114. The molecule has 28 heavy (non-hydrogen) atoms. The van der Waals surface area contributed by atoms with E-state index in [2.05, 4.69) is 37.2 Å². The smallest absolute Gasteiger partial charge is 0.315 e. The topological polar surface area (TPSA) is 50.4 Å².